The fourth-order valence-electron chi connectivity index (χ4n) is 7.09. The molecule has 1 aliphatic rings. The molecule has 1 aliphatic heterocycles. The van der Waals surface area contributed by atoms with Crippen molar-refractivity contribution < 1.29 is 0 Å². The van der Waals surface area contributed by atoms with Crippen LogP contribution in [0.25, 0.3) is 16.7 Å². The summed E-state index contributed by atoms with van der Waals surface area (Å²) in [7, 11) is 0. The van der Waals surface area contributed by atoms with E-state index in [-0.39, 0.29) is 5.92 Å². The molecule has 0 saturated carbocycles. The van der Waals surface area contributed by atoms with E-state index in [9.17, 15) is 0 Å². The second-order valence-electron chi connectivity index (χ2n) is 14.4. The lowest BCUT2D eigenvalue weighted by Crippen LogP contribution is -2.10. The van der Waals surface area contributed by atoms with Crippen molar-refractivity contribution in [2.75, 3.05) is 9.80 Å². The zero-order chi connectivity index (χ0) is 37.0. The van der Waals surface area contributed by atoms with E-state index in [0.717, 1.165) is 57.2 Å². The van der Waals surface area contributed by atoms with Crippen LogP contribution in [0.15, 0.2) is 175 Å². The van der Waals surface area contributed by atoms with Crippen molar-refractivity contribution in [3.05, 3.63) is 204 Å². The van der Waals surface area contributed by atoms with Crippen LogP contribution in [-0.2, 0) is 0 Å². The summed E-state index contributed by atoms with van der Waals surface area (Å²) < 4.78 is 0. The summed E-state index contributed by atoms with van der Waals surface area (Å²) in [5.74, 6) is 0.131. The van der Waals surface area contributed by atoms with E-state index >= 15 is 0 Å². The Morgan fingerprint density at radius 1 is 0.426 bits per heavy atom. The molecule has 0 aliphatic carbocycles. The fraction of sp³-hybridized carbons (Fsp3) is 0.120. The number of allylic oxidation sites excluding steroid dienone is 1. The van der Waals surface area contributed by atoms with Crippen molar-refractivity contribution in [1.29, 1.82) is 0 Å². The summed E-state index contributed by atoms with van der Waals surface area (Å²) in [4.78, 5) is 14.1. The number of rotatable bonds is 9. The van der Waals surface area contributed by atoms with E-state index in [1.165, 1.54) is 33.4 Å². The average molecular weight is 701 g/mol. The highest BCUT2D eigenvalue weighted by atomic mass is 15.1. The van der Waals surface area contributed by atoms with Gasteiger partial charge in [0.05, 0.1) is 0 Å². The zero-order valence-corrected chi connectivity index (χ0v) is 31.3. The first-order valence-electron chi connectivity index (χ1n) is 18.6. The van der Waals surface area contributed by atoms with E-state index in [2.05, 4.69) is 195 Å². The number of aliphatic imine (C=N–C) groups is 1. The lowest BCUT2D eigenvalue weighted by molar-refractivity contribution is 0.915. The van der Waals surface area contributed by atoms with Crippen molar-refractivity contribution in [2.24, 2.45) is 4.99 Å². The largest absolute Gasteiger partial charge is 0.311 e. The van der Waals surface area contributed by atoms with Crippen LogP contribution in [0.1, 0.15) is 45.7 Å². The minimum absolute atomic E-state index is 0.131. The smallest absolute Gasteiger partial charge is 0.0462 e. The molecular weight excluding hydrogens is 657 g/mol. The summed E-state index contributed by atoms with van der Waals surface area (Å²) in [6.45, 7) is 8.50. The maximum Gasteiger partial charge on any atom is 0.0462 e. The minimum Gasteiger partial charge on any atom is -0.311 e. The second kappa shape index (κ2) is 15.2. The molecule has 0 spiro atoms. The number of anilines is 6. The van der Waals surface area contributed by atoms with Gasteiger partial charge in [-0.2, -0.15) is 0 Å². The molecule has 8 rings (SSSR count). The molecule has 1 aromatic heterocycles. The number of nitrogens with zero attached hydrogens (tertiary/aromatic N) is 4. The van der Waals surface area contributed by atoms with Crippen LogP contribution in [0.2, 0.25) is 0 Å². The maximum absolute atomic E-state index is 4.73. The van der Waals surface area contributed by atoms with Gasteiger partial charge in [-0.05, 0) is 135 Å². The Labute approximate surface area is 319 Å². The van der Waals surface area contributed by atoms with Crippen LogP contribution in [0.4, 0.5) is 34.1 Å². The number of aryl methyl sites for hydroxylation is 4. The van der Waals surface area contributed by atoms with Crippen molar-refractivity contribution in [1.82, 2.24) is 4.98 Å². The van der Waals surface area contributed by atoms with Gasteiger partial charge in [-0.1, -0.05) is 95.1 Å². The van der Waals surface area contributed by atoms with Gasteiger partial charge in [0.25, 0.3) is 0 Å². The highest BCUT2D eigenvalue weighted by Crippen LogP contribution is 2.39. The predicted molar refractivity (Wildman–Crippen MR) is 228 cm³/mol. The molecule has 6 aromatic carbocycles. The number of hydrogen-bond donors (Lipinski definition) is 0. The molecule has 1 atom stereocenters. The van der Waals surface area contributed by atoms with Crippen LogP contribution in [0.3, 0.4) is 0 Å². The summed E-state index contributed by atoms with van der Waals surface area (Å²) in [6, 6.07) is 54.8. The summed E-state index contributed by atoms with van der Waals surface area (Å²) in [6.07, 6.45) is 8.86. The number of aromatic nitrogens is 1. The number of benzene rings is 6. The first-order valence-corrected chi connectivity index (χ1v) is 18.6. The van der Waals surface area contributed by atoms with Gasteiger partial charge in [0.2, 0.25) is 0 Å². The monoisotopic (exact) mass is 700 g/mol. The molecule has 7 aromatic rings. The van der Waals surface area contributed by atoms with Crippen LogP contribution >= 0.6 is 0 Å². The molecule has 1 unspecified atom stereocenters. The normalized spacial score (nSPS) is 13.7. The summed E-state index contributed by atoms with van der Waals surface area (Å²) >= 11 is 0. The van der Waals surface area contributed by atoms with E-state index in [1.807, 2.05) is 18.6 Å². The summed E-state index contributed by atoms with van der Waals surface area (Å²) in [5.41, 5.74) is 17.5. The molecule has 2 heterocycles. The van der Waals surface area contributed by atoms with Crippen molar-refractivity contribution in [2.45, 2.75) is 40.0 Å². The molecule has 0 bridgehead atoms. The van der Waals surface area contributed by atoms with Gasteiger partial charge >= 0.3 is 0 Å². The molecule has 0 radical (unpaired) electrons. The Morgan fingerprint density at radius 2 is 0.796 bits per heavy atom. The molecule has 4 heteroatoms. The Balaban J connectivity index is 1.01. The molecule has 54 heavy (non-hydrogen) atoms. The first kappa shape index (κ1) is 34.6. The van der Waals surface area contributed by atoms with E-state index in [0.29, 0.717) is 0 Å². The molecule has 264 valence electrons. The fourth-order valence-corrected chi connectivity index (χ4v) is 7.09. The van der Waals surface area contributed by atoms with Gasteiger partial charge in [-0.3, -0.25) is 9.98 Å². The molecule has 0 fully saturated rings. The van der Waals surface area contributed by atoms with Gasteiger partial charge in [0, 0.05) is 70.4 Å². The van der Waals surface area contributed by atoms with Crippen LogP contribution in [0, 0.1) is 27.7 Å². The Kier molecular flexibility index (Phi) is 9.74. The summed E-state index contributed by atoms with van der Waals surface area (Å²) in [5, 5.41) is 0. The van der Waals surface area contributed by atoms with Gasteiger partial charge in [-0.25, -0.2) is 0 Å². The average Bonchev–Trinajstić information content (AvgIpc) is 3.21. The highest BCUT2D eigenvalue weighted by Gasteiger charge is 2.19. The molecule has 4 nitrogen and oxygen atoms in total. The third-order valence-electron chi connectivity index (χ3n) is 10.2. The van der Waals surface area contributed by atoms with E-state index in [4.69, 9.17) is 9.98 Å². The maximum atomic E-state index is 4.73. The van der Waals surface area contributed by atoms with Crippen molar-refractivity contribution in [3.8, 4) is 11.1 Å². The van der Waals surface area contributed by atoms with Crippen LogP contribution in [-0.4, -0.2) is 11.2 Å². The quantitative estimate of drug-likeness (QED) is 0.150. The van der Waals surface area contributed by atoms with Gasteiger partial charge in [-0.15, -0.1) is 0 Å². The Hall–Kier alpha value is -6.52. The highest BCUT2D eigenvalue weighted by molar-refractivity contribution is 5.83. The van der Waals surface area contributed by atoms with Crippen molar-refractivity contribution >= 4 is 45.9 Å². The second-order valence-corrected chi connectivity index (χ2v) is 14.4. The predicted octanol–water partition coefficient (Wildman–Crippen LogP) is 13.5. The zero-order valence-electron chi connectivity index (χ0n) is 31.3. The molecule has 0 saturated heterocycles. The topological polar surface area (TPSA) is 31.7 Å². The lowest BCUT2D eigenvalue weighted by atomic mass is 9.88. The standard InChI is InChI=1S/C50H44N4/c1-35-5-17-45(18-6-35)53(46-19-7-36(2)8-20-46)49-25-13-39(14-26-49)41-29-43(33-51-31-41)44-30-42(32-52-34-44)40-15-27-50(28-16-40)54(47-21-9-37(3)10-22-47)48-23-11-38(4)12-24-48/h5-29,31-34,44H,30H2,1-4H3. The van der Waals surface area contributed by atoms with Crippen LogP contribution in [0.5, 0.6) is 0 Å². The lowest BCUT2D eigenvalue weighted by Gasteiger charge is -2.26. The van der Waals surface area contributed by atoms with Gasteiger partial charge in [0.15, 0.2) is 0 Å². The first-order chi connectivity index (χ1) is 26.4. The van der Waals surface area contributed by atoms with Crippen molar-refractivity contribution in [3.63, 3.8) is 0 Å². The molecular formula is C50H44N4. The third-order valence-corrected chi connectivity index (χ3v) is 10.2. The molecule has 0 N–H and O–H groups in total. The van der Waals surface area contributed by atoms with Gasteiger partial charge in [0.1, 0.15) is 0 Å². The van der Waals surface area contributed by atoms with Gasteiger partial charge < -0.3 is 9.80 Å². The Bertz CT molecular complexity index is 2320. The number of hydrogen-bond acceptors (Lipinski definition) is 4. The SMILES string of the molecule is Cc1ccc(N(c2ccc(C)cc2)c2ccc(C3=CN=CC(c4cncc(-c5ccc(N(c6ccc(C)cc6)c6ccc(C)cc6)cc5)c4)C3)cc2)cc1. The number of pyridine rings is 1. The molecule has 0 amide bonds. The third kappa shape index (κ3) is 7.51. The Morgan fingerprint density at radius 3 is 1.20 bits per heavy atom. The van der Waals surface area contributed by atoms with E-state index < -0.39 is 0 Å². The van der Waals surface area contributed by atoms with Crippen LogP contribution < -0.4 is 9.80 Å². The van der Waals surface area contributed by atoms with E-state index in [1.54, 1.807) is 0 Å². The minimum atomic E-state index is 0.131.